The lowest BCUT2D eigenvalue weighted by atomic mass is 9.97. The number of nitrogens with zero attached hydrogens (tertiary/aromatic N) is 4. The van der Waals surface area contributed by atoms with Crippen LogP contribution in [0.5, 0.6) is 0 Å². The molecular formula is C18H28N4O3. The van der Waals surface area contributed by atoms with Crippen LogP contribution in [0.15, 0.2) is 12.4 Å². The molecule has 3 heterocycles. The number of hydrogen-bond acceptors (Lipinski definition) is 4. The predicted molar refractivity (Wildman–Crippen MR) is 92.7 cm³/mol. The zero-order chi connectivity index (χ0) is 17.8. The van der Waals surface area contributed by atoms with Crippen molar-refractivity contribution in [1.82, 2.24) is 19.6 Å². The number of amides is 2. The molecule has 138 valence electrons. The van der Waals surface area contributed by atoms with Gasteiger partial charge in [-0.15, -0.1) is 0 Å². The largest absolute Gasteiger partial charge is 0.383 e. The lowest BCUT2D eigenvalue weighted by molar-refractivity contribution is -0.145. The van der Waals surface area contributed by atoms with Gasteiger partial charge >= 0.3 is 0 Å². The molecule has 2 saturated heterocycles. The summed E-state index contributed by atoms with van der Waals surface area (Å²) in [6.07, 6.45) is 7.07. The van der Waals surface area contributed by atoms with Crippen LogP contribution in [0.4, 0.5) is 0 Å². The van der Waals surface area contributed by atoms with E-state index in [1.807, 2.05) is 28.9 Å². The predicted octanol–water partition coefficient (Wildman–Crippen LogP) is 0.804. The molecule has 0 aromatic carbocycles. The fourth-order valence-corrected chi connectivity index (χ4v) is 3.70. The van der Waals surface area contributed by atoms with Gasteiger partial charge in [-0.05, 0) is 50.5 Å². The summed E-state index contributed by atoms with van der Waals surface area (Å²) in [4.78, 5) is 28.0. The maximum Gasteiger partial charge on any atom is 0.251 e. The standard InChI is InChI=1S/C18H28N4O3/c1-14-10-19-22(11-14)12-15-5-8-20(9-6-15)17(24)13-21-7-3-2-4-16(23)18(21)25/h10-11,15-16,23H,2-9,12-13H2,1H3. The van der Waals surface area contributed by atoms with E-state index in [-0.39, 0.29) is 18.4 Å². The van der Waals surface area contributed by atoms with E-state index in [4.69, 9.17) is 0 Å². The molecule has 2 amide bonds. The van der Waals surface area contributed by atoms with Crippen molar-refractivity contribution < 1.29 is 14.7 Å². The molecule has 3 rings (SSSR count). The number of rotatable bonds is 4. The molecular weight excluding hydrogens is 320 g/mol. The summed E-state index contributed by atoms with van der Waals surface area (Å²) >= 11 is 0. The Morgan fingerprint density at radius 3 is 2.68 bits per heavy atom. The Kier molecular flexibility index (Phi) is 5.73. The Balaban J connectivity index is 1.47. The Bertz CT molecular complexity index is 607. The van der Waals surface area contributed by atoms with Gasteiger partial charge in [0.25, 0.3) is 5.91 Å². The minimum atomic E-state index is -0.946. The van der Waals surface area contributed by atoms with E-state index in [0.29, 0.717) is 18.9 Å². The first-order valence-corrected chi connectivity index (χ1v) is 9.26. The molecule has 7 nitrogen and oxygen atoms in total. The number of aryl methyl sites for hydroxylation is 1. The van der Waals surface area contributed by atoms with E-state index in [2.05, 4.69) is 5.10 Å². The van der Waals surface area contributed by atoms with Gasteiger partial charge in [0.05, 0.1) is 12.7 Å². The molecule has 7 heteroatoms. The zero-order valence-electron chi connectivity index (χ0n) is 14.9. The maximum absolute atomic E-state index is 12.5. The van der Waals surface area contributed by atoms with Gasteiger partial charge < -0.3 is 14.9 Å². The highest BCUT2D eigenvalue weighted by Crippen LogP contribution is 2.20. The summed E-state index contributed by atoms with van der Waals surface area (Å²) in [6, 6.07) is 0. The van der Waals surface area contributed by atoms with Crippen molar-refractivity contribution in [2.75, 3.05) is 26.2 Å². The number of carbonyl (C=O) groups excluding carboxylic acids is 2. The van der Waals surface area contributed by atoms with Crippen molar-refractivity contribution in [3.05, 3.63) is 18.0 Å². The number of hydrogen-bond donors (Lipinski definition) is 1. The molecule has 2 aliphatic heterocycles. The zero-order valence-corrected chi connectivity index (χ0v) is 14.9. The third kappa shape index (κ3) is 4.60. The number of aromatic nitrogens is 2. The van der Waals surface area contributed by atoms with E-state index >= 15 is 0 Å². The normalized spacial score (nSPS) is 23.0. The number of aliphatic hydroxyl groups excluding tert-OH is 1. The molecule has 1 atom stereocenters. The quantitative estimate of drug-likeness (QED) is 0.873. The molecule has 1 N–H and O–H groups in total. The number of likely N-dealkylation sites (tertiary alicyclic amines) is 2. The Labute approximate surface area is 148 Å². The van der Waals surface area contributed by atoms with Crippen molar-refractivity contribution >= 4 is 11.8 Å². The lowest BCUT2D eigenvalue weighted by Crippen LogP contribution is -2.47. The van der Waals surface area contributed by atoms with Gasteiger partial charge in [0.15, 0.2) is 0 Å². The first-order valence-electron chi connectivity index (χ1n) is 9.26. The van der Waals surface area contributed by atoms with Gasteiger partial charge in [-0.25, -0.2) is 0 Å². The third-order valence-electron chi connectivity index (χ3n) is 5.25. The Morgan fingerprint density at radius 2 is 2.00 bits per heavy atom. The second-order valence-corrected chi connectivity index (χ2v) is 7.34. The summed E-state index contributed by atoms with van der Waals surface area (Å²) in [6.45, 7) is 5.05. The minimum Gasteiger partial charge on any atom is -0.383 e. The van der Waals surface area contributed by atoms with Crippen LogP contribution in [0.2, 0.25) is 0 Å². The topological polar surface area (TPSA) is 78.7 Å². The molecule has 0 radical (unpaired) electrons. The molecule has 0 aliphatic carbocycles. The van der Waals surface area contributed by atoms with Crippen LogP contribution in [0.3, 0.4) is 0 Å². The molecule has 25 heavy (non-hydrogen) atoms. The maximum atomic E-state index is 12.5. The van der Waals surface area contributed by atoms with Crippen LogP contribution in [0, 0.1) is 12.8 Å². The van der Waals surface area contributed by atoms with E-state index in [0.717, 1.165) is 50.9 Å². The molecule has 0 bridgehead atoms. The Hall–Kier alpha value is -1.89. The van der Waals surface area contributed by atoms with E-state index in [9.17, 15) is 14.7 Å². The van der Waals surface area contributed by atoms with Gasteiger partial charge in [-0.1, -0.05) is 0 Å². The smallest absolute Gasteiger partial charge is 0.251 e. The molecule has 1 aromatic heterocycles. The average Bonchev–Trinajstić information content (AvgIpc) is 2.94. The van der Waals surface area contributed by atoms with Crippen LogP contribution < -0.4 is 0 Å². The van der Waals surface area contributed by atoms with Crippen molar-refractivity contribution in [3.8, 4) is 0 Å². The van der Waals surface area contributed by atoms with Crippen molar-refractivity contribution in [1.29, 1.82) is 0 Å². The van der Waals surface area contributed by atoms with Gasteiger partial charge in [-0.2, -0.15) is 5.10 Å². The number of aliphatic hydroxyl groups is 1. The molecule has 1 unspecified atom stereocenters. The van der Waals surface area contributed by atoms with Crippen LogP contribution >= 0.6 is 0 Å². The van der Waals surface area contributed by atoms with Gasteiger partial charge in [0, 0.05) is 32.4 Å². The summed E-state index contributed by atoms with van der Waals surface area (Å²) in [5.41, 5.74) is 1.16. The summed E-state index contributed by atoms with van der Waals surface area (Å²) in [5, 5.41) is 14.1. The molecule has 0 spiro atoms. The van der Waals surface area contributed by atoms with Crippen LogP contribution in [-0.4, -0.2) is 68.8 Å². The SMILES string of the molecule is Cc1cnn(CC2CCN(C(=O)CN3CCCCC(O)C3=O)CC2)c1. The first-order chi connectivity index (χ1) is 12.0. The van der Waals surface area contributed by atoms with E-state index in [1.165, 1.54) is 4.90 Å². The molecule has 2 aliphatic rings. The van der Waals surface area contributed by atoms with E-state index < -0.39 is 6.10 Å². The van der Waals surface area contributed by atoms with Crippen LogP contribution in [0.25, 0.3) is 0 Å². The highest BCUT2D eigenvalue weighted by molar-refractivity contribution is 5.87. The fraction of sp³-hybridized carbons (Fsp3) is 0.722. The van der Waals surface area contributed by atoms with Crippen LogP contribution in [-0.2, 0) is 16.1 Å². The first kappa shape index (κ1) is 17.9. The summed E-state index contributed by atoms with van der Waals surface area (Å²) in [5.74, 6) is 0.232. The highest BCUT2D eigenvalue weighted by atomic mass is 16.3. The van der Waals surface area contributed by atoms with Crippen LogP contribution in [0.1, 0.15) is 37.7 Å². The van der Waals surface area contributed by atoms with Crippen molar-refractivity contribution in [2.45, 2.75) is 51.7 Å². The second-order valence-electron chi connectivity index (χ2n) is 7.34. The van der Waals surface area contributed by atoms with Crippen molar-refractivity contribution in [3.63, 3.8) is 0 Å². The fourth-order valence-electron chi connectivity index (χ4n) is 3.70. The highest BCUT2D eigenvalue weighted by Gasteiger charge is 2.29. The number of carbonyl (C=O) groups is 2. The minimum absolute atomic E-state index is 0.00386. The average molecular weight is 348 g/mol. The third-order valence-corrected chi connectivity index (χ3v) is 5.25. The van der Waals surface area contributed by atoms with E-state index in [1.54, 1.807) is 0 Å². The lowest BCUT2D eigenvalue weighted by Gasteiger charge is -2.33. The number of piperidine rings is 1. The second kappa shape index (κ2) is 7.99. The Morgan fingerprint density at radius 1 is 1.24 bits per heavy atom. The van der Waals surface area contributed by atoms with Gasteiger partial charge in [0.2, 0.25) is 5.91 Å². The monoisotopic (exact) mass is 348 g/mol. The molecule has 2 fully saturated rings. The van der Waals surface area contributed by atoms with Gasteiger partial charge in [-0.3, -0.25) is 14.3 Å². The van der Waals surface area contributed by atoms with Gasteiger partial charge in [0.1, 0.15) is 6.10 Å². The molecule has 1 aromatic rings. The summed E-state index contributed by atoms with van der Waals surface area (Å²) in [7, 11) is 0. The molecule has 0 saturated carbocycles. The summed E-state index contributed by atoms with van der Waals surface area (Å²) < 4.78 is 1.98. The van der Waals surface area contributed by atoms with Crippen molar-refractivity contribution in [2.24, 2.45) is 5.92 Å².